The lowest BCUT2D eigenvalue weighted by Crippen LogP contribution is -2.57. The number of nitrogens with zero attached hydrogens (tertiary/aromatic N) is 2. The third-order valence-electron chi connectivity index (χ3n) is 5.81. The number of carbonyl (C=O) groups excluding carboxylic acids is 1. The van der Waals surface area contributed by atoms with E-state index in [9.17, 15) is 9.18 Å². The van der Waals surface area contributed by atoms with Crippen LogP contribution in [0.25, 0.3) is 0 Å². The number of carbonyl (C=O) groups is 1. The molecule has 3 unspecified atom stereocenters. The fourth-order valence-electron chi connectivity index (χ4n) is 4.78. The Morgan fingerprint density at radius 1 is 1.27 bits per heavy atom. The Morgan fingerprint density at radius 2 is 2.14 bits per heavy atom. The van der Waals surface area contributed by atoms with Crippen molar-refractivity contribution in [1.29, 1.82) is 0 Å². The molecule has 0 spiro atoms. The average Bonchev–Trinajstić information content (AvgIpc) is 2.58. The van der Waals surface area contributed by atoms with Gasteiger partial charge in [0.25, 0.3) is 5.91 Å². The van der Waals surface area contributed by atoms with Crippen molar-refractivity contribution in [2.24, 2.45) is 5.92 Å². The predicted molar refractivity (Wildman–Crippen MR) is 83.3 cm³/mol. The minimum absolute atomic E-state index is 0.226. The Labute approximate surface area is 131 Å². The highest BCUT2D eigenvalue weighted by atomic mass is 19.1. The van der Waals surface area contributed by atoms with E-state index in [1.165, 1.54) is 17.5 Å². The first-order valence-electron chi connectivity index (χ1n) is 8.45. The van der Waals surface area contributed by atoms with Crippen LogP contribution in [0.5, 0.6) is 0 Å². The van der Waals surface area contributed by atoms with E-state index in [0.717, 1.165) is 38.9 Å². The number of amides is 1. The smallest absolute Gasteiger partial charge is 0.254 e. The minimum atomic E-state index is -0.853. The summed E-state index contributed by atoms with van der Waals surface area (Å²) < 4.78 is 12.9. The zero-order valence-corrected chi connectivity index (χ0v) is 12.9. The van der Waals surface area contributed by atoms with Gasteiger partial charge in [0.15, 0.2) is 6.67 Å². The Kier molecular flexibility index (Phi) is 3.65. The molecule has 3 heterocycles. The number of hydrogen-bond donors (Lipinski definition) is 0. The lowest BCUT2D eigenvalue weighted by Gasteiger charge is -2.52. The molecule has 2 fully saturated rings. The monoisotopic (exact) mass is 302 g/mol. The van der Waals surface area contributed by atoms with Crippen LogP contribution in [0.1, 0.15) is 36.4 Å². The van der Waals surface area contributed by atoms with Gasteiger partial charge in [-0.2, -0.15) is 0 Å². The van der Waals surface area contributed by atoms with E-state index in [4.69, 9.17) is 0 Å². The molecule has 3 aliphatic rings. The molecule has 22 heavy (non-hydrogen) atoms. The number of halogens is 1. The SMILES string of the molecule is O=C(CF)N1CCCC2CN3CCc4ccccc4C3CC21. The second-order valence-corrected chi connectivity index (χ2v) is 6.89. The number of benzene rings is 1. The van der Waals surface area contributed by atoms with Crippen LogP contribution < -0.4 is 0 Å². The summed E-state index contributed by atoms with van der Waals surface area (Å²) in [5.41, 5.74) is 2.87. The van der Waals surface area contributed by atoms with Crippen LogP contribution in [-0.4, -0.2) is 48.1 Å². The van der Waals surface area contributed by atoms with Gasteiger partial charge in [0.05, 0.1) is 0 Å². The molecule has 0 N–H and O–H groups in total. The van der Waals surface area contributed by atoms with Crippen LogP contribution in [0.4, 0.5) is 4.39 Å². The average molecular weight is 302 g/mol. The van der Waals surface area contributed by atoms with Gasteiger partial charge >= 0.3 is 0 Å². The van der Waals surface area contributed by atoms with E-state index in [-0.39, 0.29) is 11.9 Å². The molecule has 118 valence electrons. The van der Waals surface area contributed by atoms with Crippen LogP contribution in [0, 0.1) is 5.92 Å². The molecule has 3 atom stereocenters. The van der Waals surface area contributed by atoms with Crippen molar-refractivity contribution in [3.8, 4) is 0 Å². The third kappa shape index (κ3) is 2.24. The van der Waals surface area contributed by atoms with Crippen molar-refractivity contribution in [3.63, 3.8) is 0 Å². The summed E-state index contributed by atoms with van der Waals surface area (Å²) in [6, 6.07) is 9.31. The van der Waals surface area contributed by atoms with Crippen LogP contribution in [0.3, 0.4) is 0 Å². The third-order valence-corrected chi connectivity index (χ3v) is 5.81. The molecular formula is C18H23FN2O. The Balaban J connectivity index is 1.63. The summed E-state index contributed by atoms with van der Waals surface area (Å²) in [4.78, 5) is 16.4. The van der Waals surface area contributed by atoms with Crippen LogP contribution in [-0.2, 0) is 11.2 Å². The first-order chi connectivity index (χ1) is 10.8. The van der Waals surface area contributed by atoms with Crippen molar-refractivity contribution >= 4 is 5.91 Å². The molecule has 1 aromatic carbocycles. The molecule has 1 aromatic rings. The maximum absolute atomic E-state index is 12.9. The molecule has 4 heteroatoms. The molecule has 3 nitrogen and oxygen atoms in total. The predicted octanol–water partition coefficient (Wildman–Crippen LogP) is 2.57. The summed E-state index contributed by atoms with van der Waals surface area (Å²) in [6.45, 7) is 2.05. The van der Waals surface area contributed by atoms with Crippen LogP contribution in [0.2, 0.25) is 0 Å². The zero-order valence-electron chi connectivity index (χ0n) is 12.9. The van der Waals surface area contributed by atoms with Gasteiger partial charge in [-0.1, -0.05) is 24.3 Å². The summed E-state index contributed by atoms with van der Waals surface area (Å²) in [5, 5.41) is 0. The maximum Gasteiger partial charge on any atom is 0.254 e. The van der Waals surface area contributed by atoms with Crippen molar-refractivity contribution < 1.29 is 9.18 Å². The number of piperidine rings is 2. The molecule has 0 aliphatic carbocycles. The number of rotatable bonds is 1. The number of alkyl halides is 1. The highest BCUT2D eigenvalue weighted by molar-refractivity contribution is 5.77. The topological polar surface area (TPSA) is 23.6 Å². The molecule has 3 aliphatic heterocycles. The molecule has 0 bridgehead atoms. The lowest BCUT2D eigenvalue weighted by atomic mass is 9.76. The fraction of sp³-hybridized carbons (Fsp3) is 0.611. The molecule has 0 saturated carbocycles. The standard InChI is InChI=1S/C18H23FN2O/c19-11-18(22)21-8-3-5-14-12-20-9-7-13-4-1-2-6-15(13)17(20)10-16(14)21/h1-2,4,6,14,16-17H,3,5,7-12H2. The maximum atomic E-state index is 12.9. The van der Waals surface area contributed by atoms with Crippen molar-refractivity contribution in [2.75, 3.05) is 26.3 Å². The highest BCUT2D eigenvalue weighted by Gasteiger charge is 2.43. The quantitative estimate of drug-likeness (QED) is 0.796. The van der Waals surface area contributed by atoms with E-state index in [1.807, 2.05) is 4.90 Å². The first-order valence-corrected chi connectivity index (χ1v) is 8.45. The minimum Gasteiger partial charge on any atom is -0.337 e. The van der Waals surface area contributed by atoms with Gasteiger partial charge in [0.1, 0.15) is 0 Å². The van der Waals surface area contributed by atoms with E-state index in [2.05, 4.69) is 29.2 Å². The van der Waals surface area contributed by atoms with Crippen molar-refractivity contribution in [1.82, 2.24) is 9.80 Å². The van der Waals surface area contributed by atoms with Crippen molar-refractivity contribution in [2.45, 2.75) is 37.8 Å². The lowest BCUT2D eigenvalue weighted by molar-refractivity contribution is -0.140. The van der Waals surface area contributed by atoms with E-state index < -0.39 is 6.67 Å². The first kappa shape index (κ1) is 14.2. The van der Waals surface area contributed by atoms with Gasteiger partial charge in [0.2, 0.25) is 0 Å². The second kappa shape index (κ2) is 5.65. The van der Waals surface area contributed by atoms with Gasteiger partial charge < -0.3 is 4.90 Å². The van der Waals surface area contributed by atoms with E-state index in [0.29, 0.717) is 12.0 Å². The second-order valence-electron chi connectivity index (χ2n) is 6.89. The zero-order chi connectivity index (χ0) is 15.1. The molecule has 4 rings (SSSR count). The number of hydrogen-bond acceptors (Lipinski definition) is 2. The van der Waals surface area contributed by atoms with E-state index in [1.54, 1.807) is 0 Å². The van der Waals surface area contributed by atoms with Gasteiger partial charge in [-0.3, -0.25) is 9.69 Å². The summed E-state index contributed by atoms with van der Waals surface area (Å²) in [6.07, 6.45) is 4.28. The number of likely N-dealkylation sites (tertiary alicyclic amines) is 1. The van der Waals surface area contributed by atoms with Crippen LogP contribution in [0.15, 0.2) is 24.3 Å². The molecule has 0 radical (unpaired) electrons. The molecular weight excluding hydrogens is 279 g/mol. The summed E-state index contributed by atoms with van der Waals surface area (Å²) in [7, 11) is 0. The normalized spacial score (nSPS) is 31.1. The van der Waals surface area contributed by atoms with Crippen molar-refractivity contribution in [3.05, 3.63) is 35.4 Å². The Bertz CT molecular complexity index is 576. The van der Waals surface area contributed by atoms with Gasteiger partial charge in [-0.05, 0) is 42.7 Å². The Hall–Kier alpha value is -1.42. The van der Waals surface area contributed by atoms with Gasteiger partial charge in [-0.25, -0.2) is 4.39 Å². The Morgan fingerprint density at radius 3 is 3.00 bits per heavy atom. The summed E-state index contributed by atoms with van der Waals surface area (Å²) in [5.74, 6) is 0.206. The molecule has 0 aromatic heterocycles. The largest absolute Gasteiger partial charge is 0.337 e. The van der Waals surface area contributed by atoms with E-state index >= 15 is 0 Å². The van der Waals surface area contributed by atoms with Gasteiger partial charge in [-0.15, -0.1) is 0 Å². The fourth-order valence-corrected chi connectivity index (χ4v) is 4.78. The summed E-state index contributed by atoms with van der Waals surface area (Å²) >= 11 is 0. The van der Waals surface area contributed by atoms with Crippen LogP contribution >= 0.6 is 0 Å². The van der Waals surface area contributed by atoms with Gasteiger partial charge in [0, 0.05) is 31.7 Å². The molecule has 2 saturated heterocycles. The number of fused-ring (bicyclic) bond motifs is 4. The highest BCUT2D eigenvalue weighted by Crippen LogP contribution is 2.42. The molecule has 1 amide bonds.